The second-order valence-corrected chi connectivity index (χ2v) is 9.08. The van der Waals surface area contributed by atoms with E-state index in [2.05, 4.69) is 39.8 Å². The largest absolute Gasteiger partial charge is 0.0885 e. The summed E-state index contributed by atoms with van der Waals surface area (Å²) in [6, 6.07) is 0. The van der Waals surface area contributed by atoms with Gasteiger partial charge in [0, 0.05) is 0 Å². The number of unbranched alkanes of at least 4 members (excludes halogenated alkanes) is 14. The molecule has 0 bridgehead atoms. The van der Waals surface area contributed by atoms with Crippen molar-refractivity contribution in [2.75, 3.05) is 0 Å². The lowest BCUT2D eigenvalue weighted by Crippen LogP contribution is -2.11. The third-order valence-corrected chi connectivity index (χ3v) is 6.55. The number of hydrogen-bond donors (Lipinski definition) is 0. The van der Waals surface area contributed by atoms with E-state index in [1.165, 1.54) is 116 Å². The highest BCUT2D eigenvalue weighted by atomic mass is 14.2. The minimum atomic E-state index is 0.915. The predicted octanol–water partition coefficient (Wildman–Crippen LogP) is 10.3. The molecule has 0 saturated carbocycles. The van der Waals surface area contributed by atoms with Crippen LogP contribution in [0.4, 0.5) is 0 Å². The summed E-state index contributed by atoms with van der Waals surface area (Å²) in [6.07, 6.45) is 32.1. The monoisotopic (exact) mass is 390 g/mol. The molecule has 0 aromatic rings. The summed E-state index contributed by atoms with van der Waals surface area (Å²) in [5.41, 5.74) is 0. The molecule has 166 valence electrons. The Morgan fingerprint density at radius 3 is 1.54 bits per heavy atom. The zero-order valence-electron chi connectivity index (χ0n) is 19.9. The van der Waals surface area contributed by atoms with Crippen molar-refractivity contribution in [3.8, 4) is 0 Å². The molecule has 0 heterocycles. The molecule has 0 spiro atoms. The van der Waals surface area contributed by atoms with Crippen molar-refractivity contribution < 1.29 is 0 Å². The van der Waals surface area contributed by atoms with Gasteiger partial charge in [0.2, 0.25) is 0 Å². The molecule has 2 radical (unpaired) electrons. The molecule has 0 heteroatoms. The van der Waals surface area contributed by atoms with Gasteiger partial charge in [0.25, 0.3) is 0 Å². The highest BCUT2D eigenvalue weighted by Crippen LogP contribution is 2.27. The van der Waals surface area contributed by atoms with Gasteiger partial charge in [-0.1, -0.05) is 142 Å². The summed E-state index contributed by atoms with van der Waals surface area (Å²) < 4.78 is 0. The summed E-state index contributed by atoms with van der Waals surface area (Å²) in [5.74, 6) is 1.89. The van der Waals surface area contributed by atoms with E-state index in [0.717, 1.165) is 24.7 Å². The molecular formula is C28H54. The van der Waals surface area contributed by atoms with Gasteiger partial charge in [0.1, 0.15) is 0 Å². The molecule has 0 rings (SSSR count). The third-order valence-electron chi connectivity index (χ3n) is 6.55. The van der Waals surface area contributed by atoms with Gasteiger partial charge in [0.05, 0.1) is 0 Å². The normalized spacial score (nSPS) is 14.0. The predicted molar refractivity (Wildman–Crippen MR) is 131 cm³/mol. The SMILES string of the molecule is [CH2]C/C=C/CCCCCCC(CCCCCCCCCCCC[CH2])C(C)CC. The Morgan fingerprint density at radius 1 is 0.607 bits per heavy atom. The first-order valence-electron chi connectivity index (χ1n) is 13.0. The van der Waals surface area contributed by atoms with Crippen LogP contribution in [0.15, 0.2) is 12.2 Å². The van der Waals surface area contributed by atoms with Crippen LogP contribution in [-0.2, 0) is 0 Å². The summed E-state index contributed by atoms with van der Waals surface area (Å²) in [7, 11) is 0. The Labute approximate surface area is 180 Å². The van der Waals surface area contributed by atoms with Crippen LogP contribution in [0.25, 0.3) is 0 Å². The van der Waals surface area contributed by atoms with Crippen molar-refractivity contribution in [2.24, 2.45) is 11.8 Å². The van der Waals surface area contributed by atoms with Gasteiger partial charge in [-0.2, -0.15) is 0 Å². The van der Waals surface area contributed by atoms with E-state index < -0.39 is 0 Å². The lowest BCUT2D eigenvalue weighted by molar-refractivity contribution is 0.288. The van der Waals surface area contributed by atoms with Crippen molar-refractivity contribution in [1.82, 2.24) is 0 Å². The Kier molecular flexibility index (Phi) is 22.8. The number of rotatable bonds is 22. The van der Waals surface area contributed by atoms with Crippen molar-refractivity contribution in [3.63, 3.8) is 0 Å². The second kappa shape index (κ2) is 23.0. The van der Waals surface area contributed by atoms with Gasteiger partial charge < -0.3 is 0 Å². The van der Waals surface area contributed by atoms with Gasteiger partial charge in [-0.3, -0.25) is 0 Å². The fourth-order valence-electron chi connectivity index (χ4n) is 4.30. The van der Waals surface area contributed by atoms with E-state index in [1.807, 2.05) is 0 Å². The maximum atomic E-state index is 3.92. The maximum absolute atomic E-state index is 3.92. The average Bonchev–Trinajstić information content (AvgIpc) is 2.71. The molecule has 0 saturated heterocycles. The summed E-state index contributed by atoms with van der Waals surface area (Å²) in [6.45, 7) is 12.6. The van der Waals surface area contributed by atoms with E-state index in [0.29, 0.717) is 0 Å². The maximum Gasteiger partial charge on any atom is -0.0351 e. The van der Waals surface area contributed by atoms with Crippen molar-refractivity contribution in [1.29, 1.82) is 0 Å². The lowest BCUT2D eigenvalue weighted by Gasteiger charge is -2.23. The van der Waals surface area contributed by atoms with E-state index in [4.69, 9.17) is 0 Å². The minimum Gasteiger partial charge on any atom is -0.0885 e. The van der Waals surface area contributed by atoms with Crippen LogP contribution in [0.5, 0.6) is 0 Å². The molecule has 0 aliphatic rings. The molecule has 0 aromatic heterocycles. The molecule has 0 amide bonds. The third kappa shape index (κ3) is 19.1. The highest BCUT2D eigenvalue weighted by Gasteiger charge is 2.14. The van der Waals surface area contributed by atoms with Gasteiger partial charge in [0.15, 0.2) is 0 Å². The fourth-order valence-corrected chi connectivity index (χ4v) is 4.30. The van der Waals surface area contributed by atoms with Gasteiger partial charge >= 0.3 is 0 Å². The highest BCUT2D eigenvalue weighted by molar-refractivity contribution is 4.81. The zero-order chi connectivity index (χ0) is 20.7. The van der Waals surface area contributed by atoms with Crippen LogP contribution in [0.3, 0.4) is 0 Å². The molecule has 0 aliphatic heterocycles. The van der Waals surface area contributed by atoms with Crippen LogP contribution < -0.4 is 0 Å². The first-order valence-corrected chi connectivity index (χ1v) is 13.0. The van der Waals surface area contributed by atoms with E-state index in [1.54, 1.807) is 0 Å². The van der Waals surface area contributed by atoms with Gasteiger partial charge in [-0.05, 0) is 38.0 Å². The van der Waals surface area contributed by atoms with E-state index >= 15 is 0 Å². The summed E-state index contributed by atoms with van der Waals surface area (Å²) in [4.78, 5) is 0. The Hall–Kier alpha value is -0.260. The second-order valence-electron chi connectivity index (χ2n) is 9.08. The Morgan fingerprint density at radius 2 is 1.07 bits per heavy atom. The van der Waals surface area contributed by atoms with Gasteiger partial charge in [-0.25, -0.2) is 0 Å². The topological polar surface area (TPSA) is 0 Å². The molecule has 0 aliphatic carbocycles. The first-order chi connectivity index (χ1) is 13.8. The molecule has 0 fully saturated rings. The Bertz CT molecular complexity index is 303. The molecule has 28 heavy (non-hydrogen) atoms. The first kappa shape index (κ1) is 27.7. The minimum absolute atomic E-state index is 0.915. The van der Waals surface area contributed by atoms with E-state index in [9.17, 15) is 0 Å². The molecule has 0 nitrogen and oxygen atoms in total. The van der Waals surface area contributed by atoms with Crippen LogP contribution in [0, 0.1) is 25.7 Å². The molecule has 2 unspecified atom stereocenters. The smallest absolute Gasteiger partial charge is 0.0351 e. The van der Waals surface area contributed by atoms with Gasteiger partial charge in [-0.15, -0.1) is 0 Å². The lowest BCUT2D eigenvalue weighted by atomic mass is 9.83. The summed E-state index contributed by atoms with van der Waals surface area (Å²) in [5, 5.41) is 0. The Balaban J connectivity index is 3.61. The van der Waals surface area contributed by atoms with E-state index in [-0.39, 0.29) is 0 Å². The number of allylic oxidation sites excluding steroid dienone is 2. The van der Waals surface area contributed by atoms with Crippen LogP contribution in [-0.4, -0.2) is 0 Å². The van der Waals surface area contributed by atoms with Crippen LogP contribution >= 0.6 is 0 Å². The van der Waals surface area contributed by atoms with Crippen molar-refractivity contribution >= 4 is 0 Å². The fraction of sp³-hybridized carbons (Fsp3) is 0.857. The molecular weight excluding hydrogens is 336 g/mol. The standard InChI is InChI=1S/C28H54/c1-5-8-10-12-14-16-17-18-20-22-24-26-28(27(4)7-3)25-23-21-19-15-13-11-9-6-2/h9,11,27-28H,1-2,5-8,10,12-26H2,3-4H3/b11-9+. The molecule has 0 aromatic carbocycles. The van der Waals surface area contributed by atoms with Crippen LogP contribution in [0.2, 0.25) is 0 Å². The van der Waals surface area contributed by atoms with Crippen molar-refractivity contribution in [3.05, 3.63) is 26.0 Å². The summed E-state index contributed by atoms with van der Waals surface area (Å²) >= 11 is 0. The quantitative estimate of drug-likeness (QED) is 0.127. The number of hydrogen-bond acceptors (Lipinski definition) is 0. The molecule has 2 atom stereocenters. The zero-order valence-corrected chi connectivity index (χ0v) is 19.9. The van der Waals surface area contributed by atoms with Crippen molar-refractivity contribution in [2.45, 2.75) is 142 Å². The molecule has 0 N–H and O–H groups in total. The average molecular weight is 391 g/mol. The van der Waals surface area contributed by atoms with Crippen LogP contribution in [0.1, 0.15) is 142 Å².